The van der Waals surface area contributed by atoms with E-state index in [1.165, 1.54) is 109 Å². The van der Waals surface area contributed by atoms with Gasteiger partial charge in [-0.2, -0.15) is 0 Å². The van der Waals surface area contributed by atoms with Gasteiger partial charge < -0.3 is 4.90 Å². The minimum Gasteiger partial charge on any atom is -0.311 e. The summed E-state index contributed by atoms with van der Waals surface area (Å²) in [6.07, 6.45) is 0. The van der Waals surface area contributed by atoms with Gasteiger partial charge in [0.1, 0.15) is 0 Å². The van der Waals surface area contributed by atoms with Gasteiger partial charge in [-0.25, -0.2) is 0 Å². The van der Waals surface area contributed by atoms with Crippen molar-refractivity contribution >= 4 is 70.9 Å². The second kappa shape index (κ2) is 17.0. The van der Waals surface area contributed by atoms with E-state index in [0.29, 0.717) is 0 Å². The first-order valence-electron chi connectivity index (χ1n) is 23.8. The van der Waals surface area contributed by atoms with Crippen molar-refractivity contribution in [1.29, 1.82) is 0 Å². The van der Waals surface area contributed by atoms with Crippen LogP contribution >= 0.6 is 0 Å². The number of fused-ring (bicyclic) bond motifs is 7. The quantitative estimate of drug-likeness (QED) is 0.138. The van der Waals surface area contributed by atoms with Crippen molar-refractivity contribution in [3.05, 3.63) is 273 Å². The molecule has 13 aromatic rings. The van der Waals surface area contributed by atoms with E-state index in [1.54, 1.807) is 0 Å². The highest BCUT2D eigenvalue weighted by Crippen LogP contribution is 2.46. The molecule has 0 aliphatic rings. The van der Waals surface area contributed by atoms with Gasteiger partial charge in [0.2, 0.25) is 0 Å². The average molecular weight is 876 g/mol. The predicted molar refractivity (Wildman–Crippen MR) is 296 cm³/mol. The SMILES string of the molecule is c1ccc(-c2c(-c3ccccc3)c3cc(-c4ccc(N(c5ccc(-c6ccc7c(ccc8ccccc87)c6)cc5)c5ccc(-c6cccc7ccccc67)cc5)cc4)ccc3c3ccccc23)cc1. The Labute approximate surface area is 402 Å². The van der Waals surface area contributed by atoms with Crippen molar-refractivity contribution < 1.29 is 0 Å². The van der Waals surface area contributed by atoms with Crippen LogP contribution in [0.15, 0.2) is 273 Å². The Morgan fingerprint density at radius 2 is 0.594 bits per heavy atom. The third-order valence-corrected chi connectivity index (χ3v) is 14.0. The fourth-order valence-electron chi connectivity index (χ4n) is 10.7. The van der Waals surface area contributed by atoms with Crippen molar-refractivity contribution in [2.24, 2.45) is 0 Å². The lowest BCUT2D eigenvalue weighted by Crippen LogP contribution is -2.09. The van der Waals surface area contributed by atoms with Crippen molar-refractivity contribution in [3.8, 4) is 55.6 Å². The van der Waals surface area contributed by atoms with Crippen LogP contribution in [0.25, 0.3) is 109 Å². The van der Waals surface area contributed by atoms with Crippen LogP contribution in [0.2, 0.25) is 0 Å². The summed E-state index contributed by atoms with van der Waals surface area (Å²) in [5.41, 5.74) is 15.4. The molecule has 0 heterocycles. The van der Waals surface area contributed by atoms with Gasteiger partial charge in [-0.1, -0.05) is 224 Å². The Balaban J connectivity index is 0.913. The third kappa shape index (κ3) is 7.20. The summed E-state index contributed by atoms with van der Waals surface area (Å²) in [7, 11) is 0. The molecule has 0 atom stereocenters. The molecule has 0 aromatic heterocycles. The molecule has 0 fully saturated rings. The van der Waals surface area contributed by atoms with Gasteiger partial charge in [0.25, 0.3) is 0 Å². The molecule has 0 aliphatic carbocycles. The molecule has 0 bridgehead atoms. The van der Waals surface area contributed by atoms with E-state index >= 15 is 0 Å². The highest BCUT2D eigenvalue weighted by atomic mass is 15.1. The number of anilines is 3. The van der Waals surface area contributed by atoms with Crippen LogP contribution in [0.4, 0.5) is 17.1 Å². The molecule has 0 aliphatic heterocycles. The molecule has 1 heteroatoms. The summed E-state index contributed by atoms with van der Waals surface area (Å²) in [4.78, 5) is 2.37. The number of nitrogens with zero attached hydrogens (tertiary/aromatic N) is 1. The summed E-state index contributed by atoms with van der Waals surface area (Å²) >= 11 is 0. The van der Waals surface area contributed by atoms with Crippen LogP contribution in [0.1, 0.15) is 0 Å². The molecule has 0 radical (unpaired) electrons. The largest absolute Gasteiger partial charge is 0.311 e. The van der Waals surface area contributed by atoms with Crippen LogP contribution in [-0.2, 0) is 0 Å². The highest BCUT2D eigenvalue weighted by molar-refractivity contribution is 6.22. The number of hydrogen-bond donors (Lipinski definition) is 0. The molecule has 1 nitrogen and oxygen atoms in total. The smallest absolute Gasteiger partial charge is 0.0462 e. The maximum Gasteiger partial charge on any atom is 0.0462 e. The number of rotatable bonds is 8. The summed E-state index contributed by atoms with van der Waals surface area (Å²) in [5, 5.41) is 12.6. The van der Waals surface area contributed by atoms with Crippen molar-refractivity contribution in [3.63, 3.8) is 0 Å². The van der Waals surface area contributed by atoms with E-state index in [-0.39, 0.29) is 0 Å². The second-order valence-electron chi connectivity index (χ2n) is 18.0. The highest BCUT2D eigenvalue weighted by Gasteiger charge is 2.19. The molecule has 0 saturated carbocycles. The zero-order valence-corrected chi connectivity index (χ0v) is 37.9. The van der Waals surface area contributed by atoms with Crippen LogP contribution in [0, 0.1) is 0 Å². The monoisotopic (exact) mass is 875 g/mol. The van der Waals surface area contributed by atoms with E-state index in [4.69, 9.17) is 0 Å². The van der Waals surface area contributed by atoms with Crippen LogP contribution < -0.4 is 4.90 Å². The zero-order chi connectivity index (χ0) is 45.7. The number of benzene rings is 13. The Hall–Kier alpha value is -9.04. The summed E-state index contributed by atoms with van der Waals surface area (Å²) < 4.78 is 0. The molecule has 0 saturated heterocycles. The average Bonchev–Trinajstić information content (AvgIpc) is 3.43. The minimum absolute atomic E-state index is 1.09. The predicted octanol–water partition coefficient (Wildman–Crippen LogP) is 19.3. The maximum absolute atomic E-state index is 2.41. The molecule has 13 rings (SSSR count). The standard InChI is InChI=1S/C68H45N/c1-3-16-51(17-4-1)67-65-24-12-11-23-63(65)64-43-35-54(45-66(64)68(67)52-18-5-2-6-19-52)47-30-38-57(39-31-47)69(58-40-32-50(33-41-58)61-25-13-20-48-14-7-9-21-59(48)61)56-36-28-46(29-37-56)53-34-42-62-55(44-53)27-26-49-15-8-10-22-60(49)62/h1-45H. The summed E-state index contributed by atoms with van der Waals surface area (Å²) in [6, 6.07) is 100.0. The summed E-state index contributed by atoms with van der Waals surface area (Å²) in [6.45, 7) is 0. The molecular weight excluding hydrogens is 831 g/mol. The van der Waals surface area contributed by atoms with Crippen LogP contribution in [0.5, 0.6) is 0 Å². The van der Waals surface area contributed by atoms with Crippen molar-refractivity contribution in [2.75, 3.05) is 4.90 Å². The van der Waals surface area contributed by atoms with E-state index in [1.807, 2.05) is 0 Å². The molecule has 0 unspecified atom stereocenters. The van der Waals surface area contributed by atoms with Crippen LogP contribution in [0.3, 0.4) is 0 Å². The lowest BCUT2D eigenvalue weighted by molar-refractivity contribution is 1.28. The fourth-order valence-corrected chi connectivity index (χ4v) is 10.7. The van der Waals surface area contributed by atoms with Gasteiger partial charge in [-0.15, -0.1) is 0 Å². The second-order valence-corrected chi connectivity index (χ2v) is 18.0. The fraction of sp³-hybridized carbons (Fsp3) is 0. The first-order chi connectivity index (χ1) is 34.2. The van der Waals surface area contributed by atoms with Gasteiger partial charge >= 0.3 is 0 Å². The van der Waals surface area contributed by atoms with E-state index in [9.17, 15) is 0 Å². The van der Waals surface area contributed by atoms with E-state index < -0.39 is 0 Å². The van der Waals surface area contributed by atoms with Crippen molar-refractivity contribution in [1.82, 2.24) is 0 Å². The Kier molecular flexibility index (Phi) is 9.91. The zero-order valence-electron chi connectivity index (χ0n) is 37.9. The molecule has 13 aromatic carbocycles. The lowest BCUT2D eigenvalue weighted by atomic mass is 9.84. The van der Waals surface area contributed by atoms with E-state index in [2.05, 4.69) is 278 Å². The minimum atomic E-state index is 1.09. The van der Waals surface area contributed by atoms with Gasteiger partial charge in [0.15, 0.2) is 0 Å². The Bertz CT molecular complexity index is 4020. The van der Waals surface area contributed by atoms with Crippen LogP contribution in [-0.4, -0.2) is 0 Å². The normalized spacial score (nSPS) is 11.5. The van der Waals surface area contributed by atoms with E-state index in [0.717, 1.165) is 17.1 Å². The van der Waals surface area contributed by atoms with Gasteiger partial charge in [0.05, 0.1) is 0 Å². The first kappa shape index (κ1) is 40.3. The molecule has 0 N–H and O–H groups in total. The lowest BCUT2D eigenvalue weighted by Gasteiger charge is -2.26. The number of hydrogen-bond acceptors (Lipinski definition) is 1. The Morgan fingerprint density at radius 3 is 1.22 bits per heavy atom. The molecule has 322 valence electrons. The third-order valence-electron chi connectivity index (χ3n) is 14.0. The van der Waals surface area contributed by atoms with Gasteiger partial charge in [0, 0.05) is 17.1 Å². The molecule has 0 spiro atoms. The summed E-state index contributed by atoms with van der Waals surface area (Å²) in [5.74, 6) is 0. The molecule has 69 heavy (non-hydrogen) atoms. The maximum atomic E-state index is 2.41. The topological polar surface area (TPSA) is 3.24 Å². The molecule has 0 amide bonds. The molecular formula is C68H45N. The van der Waals surface area contributed by atoms with Gasteiger partial charge in [-0.3, -0.25) is 0 Å². The Morgan fingerprint density at radius 1 is 0.188 bits per heavy atom. The van der Waals surface area contributed by atoms with Crippen molar-refractivity contribution in [2.45, 2.75) is 0 Å². The first-order valence-corrected chi connectivity index (χ1v) is 23.8. The van der Waals surface area contributed by atoms with Gasteiger partial charge in [-0.05, 0) is 158 Å².